The van der Waals surface area contributed by atoms with Gasteiger partial charge in [0.15, 0.2) is 5.82 Å². The molecule has 2 aliphatic heterocycles. The standard InChI is InChI=1S/C13H21N3O2S/c1-2-4-14-11-8-19-7-10(11)13-15-12(16-18-13)9-3-5-17-6-9/h9-11,14H,2-8H2,1H3. The van der Waals surface area contributed by atoms with E-state index in [1.54, 1.807) is 0 Å². The van der Waals surface area contributed by atoms with Gasteiger partial charge in [-0.25, -0.2) is 0 Å². The summed E-state index contributed by atoms with van der Waals surface area (Å²) in [6, 6.07) is 0.470. The third-order valence-corrected chi connectivity index (χ3v) is 5.00. The van der Waals surface area contributed by atoms with E-state index in [0.29, 0.717) is 17.9 Å². The summed E-state index contributed by atoms with van der Waals surface area (Å²) in [5, 5.41) is 7.74. The third-order valence-electron chi connectivity index (χ3n) is 3.81. The van der Waals surface area contributed by atoms with E-state index < -0.39 is 0 Å². The molecular weight excluding hydrogens is 262 g/mol. The summed E-state index contributed by atoms with van der Waals surface area (Å²) in [5.74, 6) is 4.53. The van der Waals surface area contributed by atoms with Crippen molar-refractivity contribution in [3.8, 4) is 0 Å². The van der Waals surface area contributed by atoms with Crippen molar-refractivity contribution < 1.29 is 9.26 Å². The Hall–Kier alpha value is -0.590. The minimum absolute atomic E-state index is 0.327. The van der Waals surface area contributed by atoms with Crippen LogP contribution in [0, 0.1) is 0 Å². The van der Waals surface area contributed by atoms with E-state index >= 15 is 0 Å². The van der Waals surface area contributed by atoms with Crippen molar-refractivity contribution in [1.82, 2.24) is 15.5 Å². The largest absolute Gasteiger partial charge is 0.381 e. The van der Waals surface area contributed by atoms with Gasteiger partial charge < -0.3 is 14.6 Å². The number of rotatable bonds is 5. The Morgan fingerprint density at radius 3 is 3.16 bits per heavy atom. The number of thioether (sulfide) groups is 1. The number of hydrogen-bond acceptors (Lipinski definition) is 6. The van der Waals surface area contributed by atoms with Gasteiger partial charge in [-0.05, 0) is 19.4 Å². The van der Waals surface area contributed by atoms with Crippen LogP contribution >= 0.6 is 11.8 Å². The molecule has 1 N–H and O–H groups in total. The highest BCUT2D eigenvalue weighted by molar-refractivity contribution is 7.99. The maximum absolute atomic E-state index is 5.50. The van der Waals surface area contributed by atoms with Gasteiger partial charge in [-0.2, -0.15) is 16.7 Å². The molecule has 0 amide bonds. The van der Waals surface area contributed by atoms with E-state index in [4.69, 9.17) is 9.26 Å². The molecule has 6 heteroatoms. The quantitative estimate of drug-likeness (QED) is 0.889. The Morgan fingerprint density at radius 1 is 1.42 bits per heavy atom. The van der Waals surface area contributed by atoms with Crippen LogP contribution < -0.4 is 5.32 Å². The van der Waals surface area contributed by atoms with Crippen LogP contribution in [0.25, 0.3) is 0 Å². The molecule has 0 radical (unpaired) electrons. The molecule has 0 spiro atoms. The first-order chi connectivity index (χ1) is 9.38. The molecule has 0 bridgehead atoms. The predicted molar refractivity (Wildman–Crippen MR) is 74.6 cm³/mol. The second-order valence-corrected chi connectivity index (χ2v) is 6.33. The van der Waals surface area contributed by atoms with E-state index in [9.17, 15) is 0 Å². The lowest BCUT2D eigenvalue weighted by Crippen LogP contribution is -2.34. The van der Waals surface area contributed by atoms with Gasteiger partial charge in [0.1, 0.15) is 0 Å². The number of aromatic nitrogens is 2. The van der Waals surface area contributed by atoms with Crippen LogP contribution in [0.5, 0.6) is 0 Å². The van der Waals surface area contributed by atoms with Crippen molar-refractivity contribution in [3.63, 3.8) is 0 Å². The second kappa shape index (κ2) is 6.24. The fourth-order valence-corrected chi connectivity index (χ4v) is 4.00. The Kier molecular flexibility index (Phi) is 4.40. The minimum atomic E-state index is 0.327. The number of nitrogens with zero attached hydrogens (tertiary/aromatic N) is 2. The van der Waals surface area contributed by atoms with Crippen LogP contribution in [-0.2, 0) is 4.74 Å². The van der Waals surface area contributed by atoms with Crippen LogP contribution in [0.15, 0.2) is 4.52 Å². The summed E-state index contributed by atoms with van der Waals surface area (Å²) in [7, 11) is 0. The van der Waals surface area contributed by atoms with Gasteiger partial charge in [0, 0.05) is 30.1 Å². The van der Waals surface area contributed by atoms with Crippen LogP contribution in [0.4, 0.5) is 0 Å². The van der Waals surface area contributed by atoms with Crippen LogP contribution in [-0.4, -0.2) is 47.4 Å². The van der Waals surface area contributed by atoms with Gasteiger partial charge in [0.2, 0.25) is 5.89 Å². The summed E-state index contributed by atoms with van der Waals surface area (Å²) in [4.78, 5) is 4.62. The Labute approximate surface area is 117 Å². The van der Waals surface area contributed by atoms with Crippen LogP contribution in [0.3, 0.4) is 0 Å². The molecule has 1 aromatic rings. The van der Waals surface area contributed by atoms with Crippen molar-refractivity contribution in [3.05, 3.63) is 11.7 Å². The molecule has 2 saturated heterocycles. The first kappa shape index (κ1) is 13.4. The van der Waals surface area contributed by atoms with Gasteiger partial charge in [0.25, 0.3) is 0 Å². The molecule has 106 valence electrons. The fraction of sp³-hybridized carbons (Fsp3) is 0.846. The molecule has 3 atom stereocenters. The van der Waals surface area contributed by atoms with Gasteiger partial charge >= 0.3 is 0 Å². The van der Waals surface area contributed by atoms with Gasteiger partial charge in [-0.3, -0.25) is 0 Å². The summed E-state index contributed by atoms with van der Waals surface area (Å²) in [6.45, 7) is 4.79. The molecule has 0 saturated carbocycles. The highest BCUT2D eigenvalue weighted by Crippen LogP contribution is 2.33. The smallest absolute Gasteiger partial charge is 0.232 e. The summed E-state index contributed by atoms with van der Waals surface area (Å²) in [6.07, 6.45) is 2.16. The Bertz CT molecular complexity index is 406. The predicted octanol–water partition coefficient (Wildman–Crippen LogP) is 1.77. The maximum Gasteiger partial charge on any atom is 0.232 e. The van der Waals surface area contributed by atoms with E-state index in [1.807, 2.05) is 11.8 Å². The van der Waals surface area contributed by atoms with E-state index in [1.165, 1.54) is 0 Å². The Balaban J connectivity index is 1.67. The minimum Gasteiger partial charge on any atom is -0.381 e. The van der Waals surface area contributed by atoms with E-state index in [2.05, 4.69) is 22.4 Å². The SMILES string of the molecule is CCCNC1CSCC1c1nc(C2CCOC2)no1. The molecule has 3 rings (SSSR count). The first-order valence-corrected chi connectivity index (χ1v) is 8.26. The average molecular weight is 283 g/mol. The molecular formula is C13H21N3O2S. The normalized spacial score (nSPS) is 31.1. The zero-order valence-electron chi connectivity index (χ0n) is 11.3. The molecule has 3 unspecified atom stereocenters. The zero-order chi connectivity index (χ0) is 13.1. The molecule has 2 aliphatic rings. The van der Waals surface area contributed by atoms with Gasteiger partial charge in [-0.15, -0.1) is 0 Å². The van der Waals surface area contributed by atoms with Gasteiger partial charge in [-0.1, -0.05) is 12.1 Å². The molecule has 2 fully saturated rings. The van der Waals surface area contributed by atoms with E-state index in [-0.39, 0.29) is 0 Å². The molecule has 3 heterocycles. The highest BCUT2D eigenvalue weighted by atomic mass is 32.2. The zero-order valence-corrected chi connectivity index (χ0v) is 12.1. The van der Waals surface area contributed by atoms with Crippen LogP contribution in [0.2, 0.25) is 0 Å². The molecule has 19 heavy (non-hydrogen) atoms. The van der Waals surface area contributed by atoms with Gasteiger partial charge in [0.05, 0.1) is 12.5 Å². The van der Waals surface area contributed by atoms with E-state index in [0.717, 1.165) is 55.8 Å². The molecule has 0 aliphatic carbocycles. The third kappa shape index (κ3) is 2.95. The first-order valence-electron chi connectivity index (χ1n) is 7.11. The lowest BCUT2D eigenvalue weighted by Gasteiger charge is -2.16. The maximum atomic E-state index is 5.50. The van der Waals surface area contributed by atoms with Crippen LogP contribution in [0.1, 0.15) is 43.3 Å². The molecule has 1 aromatic heterocycles. The molecule has 5 nitrogen and oxygen atoms in total. The number of nitrogens with one attached hydrogen (secondary N) is 1. The van der Waals surface area contributed by atoms with Crippen molar-refractivity contribution in [2.45, 2.75) is 37.6 Å². The lowest BCUT2D eigenvalue weighted by molar-refractivity contribution is 0.192. The lowest BCUT2D eigenvalue weighted by atomic mass is 10.0. The van der Waals surface area contributed by atoms with Crippen molar-refractivity contribution in [2.24, 2.45) is 0 Å². The average Bonchev–Trinajstić information content (AvgIpc) is 3.14. The summed E-state index contributed by atoms with van der Waals surface area (Å²) < 4.78 is 10.9. The highest BCUT2D eigenvalue weighted by Gasteiger charge is 2.34. The Morgan fingerprint density at radius 2 is 2.37 bits per heavy atom. The second-order valence-electron chi connectivity index (χ2n) is 5.26. The van der Waals surface area contributed by atoms with Crippen molar-refractivity contribution in [1.29, 1.82) is 0 Å². The number of hydrogen-bond donors (Lipinski definition) is 1. The van der Waals surface area contributed by atoms with Crippen molar-refractivity contribution in [2.75, 3.05) is 31.3 Å². The van der Waals surface area contributed by atoms with Crippen molar-refractivity contribution >= 4 is 11.8 Å². The topological polar surface area (TPSA) is 60.2 Å². The summed E-state index contributed by atoms with van der Waals surface area (Å²) in [5.41, 5.74) is 0. The molecule has 0 aromatic carbocycles. The fourth-order valence-electron chi connectivity index (χ4n) is 2.63. The number of ether oxygens (including phenoxy) is 1. The monoisotopic (exact) mass is 283 g/mol. The summed E-state index contributed by atoms with van der Waals surface area (Å²) >= 11 is 1.96.